The van der Waals surface area contributed by atoms with Gasteiger partial charge in [-0.15, -0.1) is 0 Å². The Balaban J connectivity index is 2.76. The van der Waals surface area contributed by atoms with Crippen molar-refractivity contribution in [2.75, 3.05) is 7.11 Å². The summed E-state index contributed by atoms with van der Waals surface area (Å²) in [6, 6.07) is 1.84. The third-order valence-electron chi connectivity index (χ3n) is 1.65. The molecule has 12 heavy (non-hydrogen) atoms. The van der Waals surface area contributed by atoms with Gasteiger partial charge in [-0.3, -0.25) is 4.84 Å². The fourth-order valence-electron chi connectivity index (χ4n) is 1.04. The maximum absolute atomic E-state index is 5.18. The fourth-order valence-corrected chi connectivity index (χ4v) is 1.04. The van der Waals surface area contributed by atoms with Gasteiger partial charge in [0, 0.05) is 12.7 Å². The van der Waals surface area contributed by atoms with Crippen molar-refractivity contribution in [2.45, 2.75) is 19.6 Å². The third kappa shape index (κ3) is 1.85. The van der Waals surface area contributed by atoms with Crippen LogP contribution in [0.4, 0.5) is 0 Å². The van der Waals surface area contributed by atoms with Gasteiger partial charge in [-0.25, -0.2) is 5.90 Å². The molecule has 0 amide bonds. The van der Waals surface area contributed by atoms with Crippen LogP contribution in [0.3, 0.4) is 0 Å². The molecule has 4 nitrogen and oxygen atoms in total. The maximum Gasteiger partial charge on any atom is 0.139 e. The molecule has 2 N–H and O–H groups in total. The van der Waals surface area contributed by atoms with Crippen LogP contribution in [0.15, 0.2) is 16.7 Å². The number of furan rings is 1. The zero-order valence-corrected chi connectivity index (χ0v) is 7.24. The fraction of sp³-hybridized carbons (Fsp3) is 0.500. The summed E-state index contributed by atoms with van der Waals surface area (Å²) in [4.78, 5) is 4.63. The highest BCUT2D eigenvalue weighted by Gasteiger charge is 2.13. The summed E-state index contributed by atoms with van der Waals surface area (Å²) in [5.74, 6) is 5.75. The lowest BCUT2D eigenvalue weighted by atomic mass is 10.2. The standard InChI is InChI=1S/C8H13NO3/c1-6(12-9)8-7(5-10-2)3-4-11-8/h3-4,6H,5,9H2,1-2H3. The Morgan fingerprint density at radius 2 is 2.42 bits per heavy atom. The second kappa shape index (κ2) is 4.25. The van der Waals surface area contributed by atoms with Crippen LogP contribution in [0, 0.1) is 0 Å². The van der Waals surface area contributed by atoms with Gasteiger partial charge in [-0.2, -0.15) is 0 Å². The molecule has 0 fully saturated rings. The molecule has 1 aromatic heterocycles. The molecule has 0 aliphatic heterocycles. The van der Waals surface area contributed by atoms with Gasteiger partial charge in [0.05, 0.1) is 12.9 Å². The first kappa shape index (κ1) is 9.25. The first-order valence-corrected chi connectivity index (χ1v) is 3.70. The van der Waals surface area contributed by atoms with Crippen molar-refractivity contribution in [3.63, 3.8) is 0 Å². The minimum absolute atomic E-state index is 0.231. The molecule has 1 heterocycles. The maximum atomic E-state index is 5.18. The molecular weight excluding hydrogens is 158 g/mol. The molecule has 0 spiro atoms. The summed E-state index contributed by atoms with van der Waals surface area (Å²) in [6.45, 7) is 2.33. The number of hydrogen-bond donors (Lipinski definition) is 1. The van der Waals surface area contributed by atoms with Crippen molar-refractivity contribution in [3.8, 4) is 0 Å². The van der Waals surface area contributed by atoms with Crippen molar-refractivity contribution in [3.05, 3.63) is 23.7 Å². The van der Waals surface area contributed by atoms with Crippen LogP contribution in [-0.4, -0.2) is 7.11 Å². The summed E-state index contributed by atoms with van der Waals surface area (Å²) in [7, 11) is 1.63. The average molecular weight is 171 g/mol. The summed E-state index contributed by atoms with van der Waals surface area (Å²) < 4.78 is 10.2. The van der Waals surface area contributed by atoms with Crippen molar-refractivity contribution in [1.29, 1.82) is 0 Å². The summed E-state index contributed by atoms with van der Waals surface area (Å²) >= 11 is 0. The third-order valence-corrected chi connectivity index (χ3v) is 1.65. The summed E-state index contributed by atoms with van der Waals surface area (Å²) in [5, 5.41) is 0. The van der Waals surface area contributed by atoms with Crippen molar-refractivity contribution >= 4 is 0 Å². The van der Waals surface area contributed by atoms with Crippen molar-refractivity contribution < 1.29 is 14.0 Å². The molecule has 1 atom stereocenters. The lowest BCUT2D eigenvalue weighted by Gasteiger charge is -2.07. The Labute approximate surface area is 71.2 Å². The highest BCUT2D eigenvalue weighted by Crippen LogP contribution is 2.21. The molecule has 1 rings (SSSR count). The van der Waals surface area contributed by atoms with Crippen LogP contribution >= 0.6 is 0 Å². The molecule has 0 saturated carbocycles. The van der Waals surface area contributed by atoms with Gasteiger partial charge in [0.25, 0.3) is 0 Å². The Bertz CT molecular complexity index is 234. The molecule has 0 saturated heterocycles. The minimum Gasteiger partial charge on any atom is -0.466 e. The van der Waals surface area contributed by atoms with Crippen LogP contribution in [0.1, 0.15) is 24.4 Å². The van der Waals surface area contributed by atoms with Gasteiger partial charge in [0.15, 0.2) is 0 Å². The average Bonchev–Trinajstić information content (AvgIpc) is 2.52. The molecule has 1 aromatic rings. The van der Waals surface area contributed by atoms with Gasteiger partial charge in [-0.05, 0) is 13.0 Å². The summed E-state index contributed by atoms with van der Waals surface area (Å²) in [5.41, 5.74) is 0.968. The highest BCUT2D eigenvalue weighted by molar-refractivity contribution is 5.17. The second-order valence-corrected chi connectivity index (χ2v) is 2.52. The van der Waals surface area contributed by atoms with E-state index in [-0.39, 0.29) is 6.10 Å². The molecule has 0 aliphatic rings. The highest BCUT2D eigenvalue weighted by atomic mass is 16.6. The molecule has 0 aromatic carbocycles. The van der Waals surface area contributed by atoms with Gasteiger partial charge in [0.1, 0.15) is 11.9 Å². The van der Waals surface area contributed by atoms with E-state index in [9.17, 15) is 0 Å². The van der Waals surface area contributed by atoms with Gasteiger partial charge >= 0.3 is 0 Å². The number of methoxy groups -OCH3 is 1. The van der Waals surface area contributed by atoms with E-state index in [4.69, 9.17) is 15.1 Å². The number of rotatable bonds is 4. The van der Waals surface area contributed by atoms with Crippen LogP contribution in [-0.2, 0) is 16.2 Å². The van der Waals surface area contributed by atoms with E-state index in [2.05, 4.69) is 4.84 Å². The van der Waals surface area contributed by atoms with E-state index in [1.807, 2.05) is 13.0 Å². The molecular formula is C8H13NO3. The monoisotopic (exact) mass is 171 g/mol. The van der Waals surface area contributed by atoms with Gasteiger partial charge < -0.3 is 9.15 Å². The van der Waals surface area contributed by atoms with E-state index in [1.165, 1.54) is 0 Å². The van der Waals surface area contributed by atoms with E-state index >= 15 is 0 Å². The van der Waals surface area contributed by atoms with Crippen LogP contribution in [0.5, 0.6) is 0 Å². The van der Waals surface area contributed by atoms with Gasteiger partial charge in [0.2, 0.25) is 0 Å². The second-order valence-electron chi connectivity index (χ2n) is 2.52. The largest absolute Gasteiger partial charge is 0.466 e. The zero-order valence-electron chi connectivity index (χ0n) is 7.24. The first-order chi connectivity index (χ1) is 5.79. The number of nitrogens with two attached hydrogens (primary N) is 1. The predicted molar refractivity (Wildman–Crippen MR) is 43.1 cm³/mol. The van der Waals surface area contributed by atoms with Crippen molar-refractivity contribution in [2.24, 2.45) is 5.90 Å². The van der Waals surface area contributed by atoms with Crippen LogP contribution < -0.4 is 5.90 Å². The van der Waals surface area contributed by atoms with E-state index in [0.717, 1.165) is 11.3 Å². The predicted octanol–water partition coefficient (Wildman–Crippen LogP) is 1.38. The first-order valence-electron chi connectivity index (χ1n) is 3.70. The lowest BCUT2D eigenvalue weighted by molar-refractivity contribution is 0.0482. The molecule has 0 radical (unpaired) electrons. The summed E-state index contributed by atoms with van der Waals surface area (Å²) in [6.07, 6.45) is 1.37. The van der Waals surface area contributed by atoms with E-state index in [0.29, 0.717) is 6.61 Å². The topological polar surface area (TPSA) is 57.6 Å². The minimum atomic E-state index is -0.231. The molecule has 1 unspecified atom stereocenters. The quantitative estimate of drug-likeness (QED) is 0.695. The lowest BCUT2D eigenvalue weighted by Crippen LogP contribution is -2.06. The Hall–Kier alpha value is -0.840. The molecule has 0 aliphatic carbocycles. The Kier molecular flexibility index (Phi) is 3.28. The molecule has 68 valence electrons. The van der Waals surface area contributed by atoms with Crippen LogP contribution in [0.2, 0.25) is 0 Å². The number of hydrogen-bond acceptors (Lipinski definition) is 4. The smallest absolute Gasteiger partial charge is 0.139 e. The normalized spacial score (nSPS) is 13.2. The van der Waals surface area contributed by atoms with Crippen molar-refractivity contribution in [1.82, 2.24) is 0 Å². The van der Waals surface area contributed by atoms with Gasteiger partial charge in [-0.1, -0.05) is 0 Å². The SMILES string of the molecule is COCc1ccoc1C(C)ON. The zero-order chi connectivity index (χ0) is 8.97. The van der Waals surface area contributed by atoms with Crippen LogP contribution in [0.25, 0.3) is 0 Å². The molecule has 4 heteroatoms. The van der Waals surface area contributed by atoms with E-state index < -0.39 is 0 Å². The Morgan fingerprint density at radius 1 is 1.67 bits per heavy atom. The van der Waals surface area contributed by atoms with E-state index in [1.54, 1.807) is 13.4 Å². The number of ether oxygens (including phenoxy) is 1. The Morgan fingerprint density at radius 3 is 3.00 bits per heavy atom. The molecule has 0 bridgehead atoms.